The van der Waals surface area contributed by atoms with E-state index in [1.807, 2.05) is 19.1 Å². The Kier molecular flexibility index (Phi) is 6.31. The zero-order valence-corrected chi connectivity index (χ0v) is 15.9. The van der Waals surface area contributed by atoms with E-state index in [2.05, 4.69) is 18.3 Å². The van der Waals surface area contributed by atoms with E-state index in [0.29, 0.717) is 17.2 Å². The van der Waals surface area contributed by atoms with Gasteiger partial charge in [-0.1, -0.05) is 29.5 Å². The largest absolute Gasteiger partial charge is 0.493 e. The first-order chi connectivity index (χ1) is 11.8. The van der Waals surface area contributed by atoms with Gasteiger partial charge in [-0.15, -0.1) is 0 Å². The molecule has 0 bridgehead atoms. The first kappa shape index (κ1) is 19.1. The first-order valence-corrected chi connectivity index (χ1v) is 9.07. The van der Waals surface area contributed by atoms with Crippen LogP contribution in [0.5, 0.6) is 5.75 Å². The van der Waals surface area contributed by atoms with Gasteiger partial charge in [0.15, 0.2) is 0 Å². The van der Waals surface area contributed by atoms with Crippen LogP contribution < -0.4 is 15.8 Å². The summed E-state index contributed by atoms with van der Waals surface area (Å²) in [6.07, 6.45) is 1.87. The number of rotatable bonds is 6. The predicted molar refractivity (Wildman–Crippen MR) is 102 cm³/mol. The molecule has 0 atom stereocenters. The summed E-state index contributed by atoms with van der Waals surface area (Å²) in [7, 11) is 0. The van der Waals surface area contributed by atoms with Gasteiger partial charge in [-0.05, 0) is 45.2 Å². The highest BCUT2D eigenvalue weighted by atomic mass is 32.2. The van der Waals surface area contributed by atoms with Crippen LogP contribution in [0, 0.1) is 0 Å². The van der Waals surface area contributed by atoms with Gasteiger partial charge < -0.3 is 15.8 Å². The number of thioether (sulfide) groups is 1. The quantitative estimate of drug-likeness (QED) is 0.762. The first-order valence-electron chi connectivity index (χ1n) is 8.26. The molecule has 0 aliphatic heterocycles. The summed E-state index contributed by atoms with van der Waals surface area (Å²) in [6, 6.07) is 6.03. The van der Waals surface area contributed by atoms with Crippen molar-refractivity contribution in [2.24, 2.45) is 5.73 Å². The highest BCUT2D eigenvalue weighted by Crippen LogP contribution is 2.46. The Hall–Kier alpha value is -2.21. The summed E-state index contributed by atoms with van der Waals surface area (Å²) < 4.78 is 5.81. The molecule has 0 spiro atoms. The van der Waals surface area contributed by atoms with Gasteiger partial charge in [0.25, 0.3) is 0 Å². The van der Waals surface area contributed by atoms with Crippen molar-refractivity contribution < 1.29 is 14.3 Å². The van der Waals surface area contributed by atoms with Gasteiger partial charge in [0.2, 0.25) is 11.8 Å². The van der Waals surface area contributed by atoms with Crippen molar-refractivity contribution in [1.82, 2.24) is 5.32 Å². The van der Waals surface area contributed by atoms with Gasteiger partial charge >= 0.3 is 0 Å². The Balaban J connectivity index is 2.53. The molecule has 0 saturated carbocycles. The van der Waals surface area contributed by atoms with Crippen LogP contribution in [0.1, 0.15) is 45.2 Å². The molecule has 25 heavy (non-hydrogen) atoms. The summed E-state index contributed by atoms with van der Waals surface area (Å²) in [5, 5.41) is 3.21. The highest BCUT2D eigenvalue weighted by molar-refractivity contribution is 8.11. The minimum Gasteiger partial charge on any atom is -0.493 e. The fraction of sp³-hybridized carbons (Fsp3) is 0.368. The molecule has 3 N–H and O–H groups in total. The van der Waals surface area contributed by atoms with Crippen LogP contribution in [0.2, 0.25) is 0 Å². The molecule has 134 valence electrons. The van der Waals surface area contributed by atoms with Gasteiger partial charge in [0, 0.05) is 23.0 Å². The smallest absolute Gasteiger partial charge is 0.246 e. The lowest BCUT2D eigenvalue weighted by Crippen LogP contribution is -2.23. The molecule has 0 saturated heterocycles. The highest BCUT2D eigenvalue weighted by Gasteiger charge is 2.24. The fourth-order valence-corrected chi connectivity index (χ4v) is 3.94. The second kappa shape index (κ2) is 8.25. The molecular weight excluding hydrogens is 336 g/mol. The third-order valence-corrected chi connectivity index (χ3v) is 5.37. The molecule has 2 rings (SSSR count). The molecule has 0 aromatic heterocycles. The molecule has 5 nitrogen and oxygen atoms in total. The minimum absolute atomic E-state index is 0.240. The standard InChI is InChI=1S/C19H24N2O3S/c1-5-24-15-8-6-7-14-10-9-11(2)17(16(14)15)25-19(21-13(4)22)12(3)18(20)23/h6-8H,5,9-10H2,1-4H3,(H2,20,23)(H,21,22)/b19-12+. The average molecular weight is 360 g/mol. The number of carbonyl (C=O) groups excluding carboxylic acids is 2. The third-order valence-electron chi connectivity index (χ3n) is 4.00. The van der Waals surface area contributed by atoms with E-state index in [1.165, 1.54) is 29.8 Å². The molecule has 1 aliphatic carbocycles. The van der Waals surface area contributed by atoms with Gasteiger partial charge in [-0.25, -0.2) is 0 Å². The average Bonchev–Trinajstić information content (AvgIpc) is 2.55. The van der Waals surface area contributed by atoms with E-state index in [4.69, 9.17) is 10.5 Å². The van der Waals surface area contributed by atoms with E-state index in [0.717, 1.165) is 29.1 Å². The van der Waals surface area contributed by atoms with Gasteiger partial charge in [0.1, 0.15) is 5.75 Å². The van der Waals surface area contributed by atoms with Gasteiger partial charge in [0.05, 0.1) is 11.6 Å². The van der Waals surface area contributed by atoms with Crippen molar-refractivity contribution in [2.45, 2.75) is 40.5 Å². The lowest BCUT2D eigenvalue weighted by molar-refractivity contribution is -0.118. The third kappa shape index (κ3) is 4.45. The lowest BCUT2D eigenvalue weighted by atomic mass is 9.92. The maximum atomic E-state index is 11.6. The minimum atomic E-state index is -0.552. The number of nitrogens with two attached hydrogens (primary N) is 1. The Morgan fingerprint density at radius 1 is 1.28 bits per heavy atom. The van der Waals surface area contributed by atoms with Gasteiger partial charge in [-0.3, -0.25) is 9.59 Å². The molecule has 1 aromatic rings. The number of primary amides is 1. The fourth-order valence-electron chi connectivity index (χ4n) is 2.68. The summed E-state index contributed by atoms with van der Waals surface area (Å²) in [6.45, 7) is 7.62. The van der Waals surface area contributed by atoms with Crippen molar-refractivity contribution in [1.29, 1.82) is 0 Å². The number of carbonyl (C=O) groups is 2. The maximum absolute atomic E-state index is 11.6. The molecule has 0 fully saturated rings. The van der Waals surface area contributed by atoms with Crippen molar-refractivity contribution in [3.63, 3.8) is 0 Å². The number of nitrogens with one attached hydrogen (secondary N) is 1. The second-order valence-corrected chi connectivity index (χ2v) is 6.95. The Morgan fingerprint density at radius 3 is 2.60 bits per heavy atom. The number of allylic oxidation sites excluding steroid dienone is 1. The van der Waals surface area contributed by atoms with E-state index >= 15 is 0 Å². The number of fused-ring (bicyclic) bond motifs is 1. The Bertz CT molecular complexity index is 766. The van der Waals surface area contributed by atoms with Crippen LogP contribution in [-0.2, 0) is 16.0 Å². The number of ether oxygens (including phenoxy) is 1. The molecule has 1 aliphatic rings. The van der Waals surface area contributed by atoms with E-state index in [9.17, 15) is 9.59 Å². The summed E-state index contributed by atoms with van der Waals surface area (Å²) in [5.41, 5.74) is 9.20. The summed E-state index contributed by atoms with van der Waals surface area (Å²) in [4.78, 5) is 24.2. The maximum Gasteiger partial charge on any atom is 0.246 e. The zero-order chi connectivity index (χ0) is 18.6. The molecule has 1 aromatic carbocycles. The lowest BCUT2D eigenvalue weighted by Gasteiger charge is -2.25. The SMILES string of the molecule is CCOc1cccc2c1C(S/C(NC(C)=O)=C(\C)C(N)=O)=C(C)CC2. The number of hydrogen-bond acceptors (Lipinski definition) is 4. The summed E-state index contributed by atoms with van der Waals surface area (Å²) in [5.74, 6) is 0.0274. The predicted octanol–water partition coefficient (Wildman–Crippen LogP) is 3.35. The van der Waals surface area contributed by atoms with Crippen molar-refractivity contribution in [3.05, 3.63) is 45.5 Å². The van der Waals surface area contributed by atoms with Crippen LogP contribution in [0.25, 0.3) is 4.91 Å². The summed E-state index contributed by atoms with van der Waals surface area (Å²) >= 11 is 1.37. The van der Waals surface area contributed by atoms with Crippen LogP contribution in [-0.4, -0.2) is 18.4 Å². The van der Waals surface area contributed by atoms with Crippen LogP contribution >= 0.6 is 11.8 Å². The number of hydrogen-bond donors (Lipinski definition) is 2. The van der Waals surface area contributed by atoms with Crippen LogP contribution in [0.3, 0.4) is 0 Å². The van der Waals surface area contributed by atoms with E-state index in [1.54, 1.807) is 6.92 Å². The molecule has 6 heteroatoms. The molecule has 0 radical (unpaired) electrons. The van der Waals surface area contributed by atoms with Crippen molar-refractivity contribution in [3.8, 4) is 5.75 Å². The number of aryl methyl sites for hydroxylation is 1. The zero-order valence-electron chi connectivity index (χ0n) is 15.1. The monoisotopic (exact) mass is 360 g/mol. The molecule has 0 unspecified atom stereocenters. The van der Waals surface area contributed by atoms with Crippen LogP contribution in [0.15, 0.2) is 34.4 Å². The normalized spacial score (nSPS) is 14.6. The second-order valence-electron chi connectivity index (χ2n) is 5.93. The number of amides is 2. The Labute approximate surface area is 152 Å². The molecule has 0 heterocycles. The van der Waals surface area contributed by atoms with Gasteiger partial charge in [-0.2, -0.15) is 0 Å². The molecule has 2 amide bonds. The van der Waals surface area contributed by atoms with Crippen molar-refractivity contribution in [2.75, 3.05) is 6.61 Å². The topological polar surface area (TPSA) is 81.4 Å². The van der Waals surface area contributed by atoms with Crippen LogP contribution in [0.4, 0.5) is 0 Å². The number of benzene rings is 1. The van der Waals surface area contributed by atoms with E-state index in [-0.39, 0.29) is 5.91 Å². The van der Waals surface area contributed by atoms with Crippen molar-refractivity contribution >= 4 is 28.5 Å². The van der Waals surface area contributed by atoms with E-state index < -0.39 is 5.91 Å². The Morgan fingerprint density at radius 2 is 2.00 bits per heavy atom. The molecular formula is C19H24N2O3S.